The summed E-state index contributed by atoms with van der Waals surface area (Å²) in [6.45, 7) is 28.4. The van der Waals surface area contributed by atoms with Gasteiger partial charge in [-0.2, -0.15) is 0 Å². The number of fused-ring (bicyclic) bond motifs is 7. The molecule has 0 fully saturated rings. The summed E-state index contributed by atoms with van der Waals surface area (Å²) in [6.07, 6.45) is 24.6. The van der Waals surface area contributed by atoms with Gasteiger partial charge in [-0.05, 0) is 232 Å². The summed E-state index contributed by atoms with van der Waals surface area (Å²) in [5.41, 5.74) is 24.6. The summed E-state index contributed by atoms with van der Waals surface area (Å²) in [7, 11) is 0. The Morgan fingerprint density at radius 3 is 1.10 bits per heavy atom. The van der Waals surface area contributed by atoms with Gasteiger partial charge in [0.25, 0.3) is 0 Å². The lowest BCUT2D eigenvalue weighted by Crippen LogP contribution is -2.30. The molecule has 0 nitrogen and oxygen atoms in total. The molecule has 0 N–H and O–H groups in total. The molecule has 10 aromatic rings. The molecule has 1 aliphatic carbocycles. The molecule has 0 spiro atoms. The summed E-state index contributed by atoms with van der Waals surface area (Å²) in [5, 5.41) is 10.6. The maximum atomic E-state index is 2.74. The Morgan fingerprint density at radius 1 is 0.310 bits per heavy atom. The van der Waals surface area contributed by atoms with Crippen LogP contribution >= 0.6 is 0 Å². The fraction of sp³-hybridized carbons (Fsp3) is 0.402. The standard InChI is InChI=1S/C87H102/c1-13-17-21-25-33-61-50-62(34-26-22-18-14-2)53-68(52-61)87(69-54-63(35-27-23-19-15-3)51-64(55-69)36-28-24-20-16-4)80-49-59(5)41-45-72(80)73-46-42-65(56-81(73)87)82-76-47-43-67(86(10,11)12)58-79(76)84(77-48-44-66(57-78(77)82)85(7,8)9)83-74-39-31-29-37-70(74)60(6)71-38-30-32-40-75(71)83/h29-32,37-58H,13-28,33-36H2,1-12H3. The third kappa shape index (κ3) is 12.4. The average Bonchev–Trinajstić information content (AvgIpc) is 1.67. The molecule has 0 amide bonds. The highest BCUT2D eigenvalue weighted by atomic mass is 14.5. The molecule has 0 atom stereocenters. The van der Waals surface area contributed by atoms with E-state index in [9.17, 15) is 0 Å². The van der Waals surface area contributed by atoms with E-state index in [0.29, 0.717) is 0 Å². The first-order valence-electron chi connectivity index (χ1n) is 34.6. The molecular weight excluding hydrogens is 1040 g/mol. The van der Waals surface area contributed by atoms with E-state index in [4.69, 9.17) is 0 Å². The van der Waals surface area contributed by atoms with Crippen molar-refractivity contribution in [2.24, 2.45) is 0 Å². The van der Waals surface area contributed by atoms with Gasteiger partial charge in [0.1, 0.15) is 0 Å². The molecule has 0 saturated heterocycles. The number of benzene rings is 10. The second-order valence-corrected chi connectivity index (χ2v) is 28.7. The predicted molar refractivity (Wildman–Crippen MR) is 383 cm³/mol. The molecule has 0 aliphatic heterocycles. The molecule has 11 rings (SSSR count). The van der Waals surface area contributed by atoms with Crippen molar-refractivity contribution < 1.29 is 0 Å². The first-order valence-corrected chi connectivity index (χ1v) is 34.6. The normalized spacial score (nSPS) is 13.1. The number of rotatable bonds is 24. The lowest BCUT2D eigenvalue weighted by Gasteiger charge is -2.36. The Morgan fingerprint density at radius 2 is 0.678 bits per heavy atom. The van der Waals surface area contributed by atoms with Crippen LogP contribution in [0.25, 0.3) is 76.5 Å². The van der Waals surface area contributed by atoms with Crippen molar-refractivity contribution in [1.82, 2.24) is 0 Å². The van der Waals surface area contributed by atoms with Gasteiger partial charge in [-0.25, -0.2) is 0 Å². The van der Waals surface area contributed by atoms with Gasteiger partial charge in [0.2, 0.25) is 0 Å². The van der Waals surface area contributed by atoms with Gasteiger partial charge in [0.05, 0.1) is 5.41 Å². The molecule has 0 unspecified atom stereocenters. The molecule has 0 radical (unpaired) electrons. The Kier molecular flexibility index (Phi) is 18.9. The third-order valence-corrected chi connectivity index (χ3v) is 20.1. The lowest BCUT2D eigenvalue weighted by molar-refractivity contribution is 0.590. The van der Waals surface area contributed by atoms with Crippen molar-refractivity contribution >= 4 is 43.1 Å². The van der Waals surface area contributed by atoms with Crippen molar-refractivity contribution in [2.45, 2.75) is 228 Å². The van der Waals surface area contributed by atoms with Crippen molar-refractivity contribution in [3.8, 4) is 33.4 Å². The molecule has 87 heavy (non-hydrogen) atoms. The first kappa shape index (κ1) is 61.9. The highest BCUT2D eigenvalue weighted by Crippen LogP contribution is 2.59. The van der Waals surface area contributed by atoms with Crippen LogP contribution in [0.4, 0.5) is 0 Å². The van der Waals surface area contributed by atoms with Crippen LogP contribution in [-0.2, 0) is 41.9 Å². The zero-order valence-corrected chi connectivity index (χ0v) is 55.7. The van der Waals surface area contributed by atoms with Gasteiger partial charge in [-0.15, -0.1) is 0 Å². The van der Waals surface area contributed by atoms with Crippen molar-refractivity contribution in [3.05, 3.63) is 224 Å². The Balaban J connectivity index is 1.28. The van der Waals surface area contributed by atoms with E-state index >= 15 is 0 Å². The molecule has 0 heterocycles. The van der Waals surface area contributed by atoms with Crippen molar-refractivity contribution in [1.29, 1.82) is 0 Å². The quantitative estimate of drug-likeness (QED) is 0.0418. The van der Waals surface area contributed by atoms with Crippen LogP contribution in [0, 0.1) is 13.8 Å². The van der Waals surface area contributed by atoms with Crippen LogP contribution in [-0.4, -0.2) is 0 Å². The van der Waals surface area contributed by atoms with Crippen LogP contribution in [0.15, 0.2) is 158 Å². The molecule has 0 saturated carbocycles. The highest BCUT2D eigenvalue weighted by Gasteiger charge is 2.47. The Hall–Kier alpha value is -6.76. The monoisotopic (exact) mass is 1150 g/mol. The van der Waals surface area contributed by atoms with Crippen LogP contribution in [0.1, 0.15) is 239 Å². The fourth-order valence-electron chi connectivity index (χ4n) is 15.3. The maximum Gasteiger partial charge on any atom is 0.0714 e. The largest absolute Gasteiger partial charge is 0.0714 e. The molecule has 0 heteroatoms. The van der Waals surface area contributed by atoms with Gasteiger partial charge in [0, 0.05) is 0 Å². The summed E-state index contributed by atoms with van der Waals surface area (Å²) in [6, 6.07) is 65.0. The first-order chi connectivity index (χ1) is 42.1. The molecule has 0 aromatic heterocycles. The average molecular weight is 1150 g/mol. The Labute approximate surface area is 525 Å². The smallest absolute Gasteiger partial charge is 0.0654 e. The number of aryl methyl sites for hydroxylation is 6. The molecule has 10 aromatic carbocycles. The van der Waals surface area contributed by atoms with Crippen LogP contribution in [0.5, 0.6) is 0 Å². The zero-order valence-electron chi connectivity index (χ0n) is 55.7. The Bertz CT molecular complexity index is 3890. The van der Waals surface area contributed by atoms with Crippen molar-refractivity contribution in [3.63, 3.8) is 0 Å². The second kappa shape index (κ2) is 26.5. The molecule has 0 bridgehead atoms. The van der Waals surface area contributed by atoms with E-state index in [1.54, 1.807) is 0 Å². The fourth-order valence-corrected chi connectivity index (χ4v) is 15.3. The van der Waals surface area contributed by atoms with Crippen molar-refractivity contribution in [2.75, 3.05) is 0 Å². The number of hydrogen-bond donors (Lipinski definition) is 0. The van der Waals surface area contributed by atoms with Gasteiger partial charge in [-0.1, -0.05) is 291 Å². The highest BCUT2D eigenvalue weighted by molar-refractivity contribution is 6.28. The van der Waals surface area contributed by atoms with Gasteiger partial charge in [0.15, 0.2) is 0 Å². The minimum Gasteiger partial charge on any atom is -0.0654 e. The summed E-state index contributed by atoms with van der Waals surface area (Å²) in [4.78, 5) is 0. The van der Waals surface area contributed by atoms with E-state index in [1.165, 1.54) is 246 Å². The van der Waals surface area contributed by atoms with Crippen LogP contribution in [0.3, 0.4) is 0 Å². The van der Waals surface area contributed by atoms with Crippen LogP contribution < -0.4 is 0 Å². The predicted octanol–water partition coefficient (Wildman–Crippen LogP) is 25.7. The van der Waals surface area contributed by atoms with Gasteiger partial charge in [-0.3, -0.25) is 0 Å². The third-order valence-electron chi connectivity index (χ3n) is 20.1. The van der Waals surface area contributed by atoms with E-state index in [-0.39, 0.29) is 10.8 Å². The zero-order chi connectivity index (χ0) is 61.0. The van der Waals surface area contributed by atoms with Gasteiger partial charge >= 0.3 is 0 Å². The summed E-state index contributed by atoms with van der Waals surface area (Å²) < 4.78 is 0. The molecular formula is C87H102. The lowest BCUT2D eigenvalue weighted by atomic mass is 9.65. The topological polar surface area (TPSA) is 0 Å². The summed E-state index contributed by atoms with van der Waals surface area (Å²) in [5.74, 6) is 0. The molecule has 450 valence electrons. The summed E-state index contributed by atoms with van der Waals surface area (Å²) >= 11 is 0. The minimum atomic E-state index is -0.566. The van der Waals surface area contributed by atoms with E-state index in [0.717, 1.165) is 25.7 Å². The minimum absolute atomic E-state index is 0.0655. The SMILES string of the molecule is CCCCCCc1cc(CCCCCC)cc(C2(c3cc(CCCCCC)cc(CCCCCC)c3)c3cc(C)ccc3-c3ccc(-c4c5cc(C(C)(C)C)ccc5c(-c5c6ccccc6c(C)c6ccccc56)c5cc(C(C)(C)C)ccc45)cc32)c1. The van der Waals surface area contributed by atoms with Gasteiger partial charge < -0.3 is 0 Å². The number of hydrogen-bond acceptors (Lipinski definition) is 0. The second-order valence-electron chi connectivity index (χ2n) is 28.7. The van der Waals surface area contributed by atoms with E-state index < -0.39 is 5.41 Å². The molecule has 1 aliphatic rings. The van der Waals surface area contributed by atoms with E-state index in [2.05, 4.69) is 241 Å². The number of unbranched alkanes of at least 4 members (excludes halogenated alkanes) is 12. The van der Waals surface area contributed by atoms with E-state index in [1.807, 2.05) is 0 Å². The maximum absolute atomic E-state index is 2.74. The van der Waals surface area contributed by atoms with Crippen LogP contribution in [0.2, 0.25) is 0 Å².